The number of aromatic nitrogens is 2. The fraction of sp³-hybridized carbons (Fsp3) is 0.231. The second-order valence-electron chi connectivity index (χ2n) is 4.09. The summed E-state index contributed by atoms with van der Waals surface area (Å²) in [5.74, 6) is 7.60. The predicted molar refractivity (Wildman–Crippen MR) is 83.2 cm³/mol. The van der Waals surface area contributed by atoms with E-state index in [1.165, 1.54) is 0 Å². The van der Waals surface area contributed by atoms with Crippen molar-refractivity contribution in [2.45, 2.75) is 20.3 Å². The van der Waals surface area contributed by atoms with Crippen LogP contribution in [0.4, 0.5) is 5.82 Å². The van der Waals surface area contributed by atoms with E-state index in [0.717, 1.165) is 10.0 Å². The van der Waals surface area contributed by atoms with Gasteiger partial charge in [-0.15, -0.1) is 0 Å². The maximum absolute atomic E-state index is 6.12. The number of nitrogens with one attached hydrogen (secondary N) is 1. The number of nitrogens with zero attached hydrogens (tertiary/aromatic N) is 2. The maximum Gasteiger partial charge on any atom is 0.227 e. The Morgan fingerprint density at radius 2 is 2.15 bits per heavy atom. The Hall–Kier alpha value is -1.37. The van der Waals surface area contributed by atoms with Crippen LogP contribution >= 0.6 is 27.5 Å². The zero-order valence-corrected chi connectivity index (χ0v) is 13.4. The second kappa shape index (κ2) is 6.39. The summed E-state index contributed by atoms with van der Waals surface area (Å²) in [6.07, 6.45) is 0.678. The number of nitrogen functional groups attached to an aromatic ring is 1. The van der Waals surface area contributed by atoms with Crippen LogP contribution in [0.15, 0.2) is 22.7 Å². The van der Waals surface area contributed by atoms with E-state index in [9.17, 15) is 0 Å². The monoisotopic (exact) mass is 356 g/mol. The molecule has 0 amide bonds. The van der Waals surface area contributed by atoms with Crippen molar-refractivity contribution in [2.75, 3.05) is 5.43 Å². The summed E-state index contributed by atoms with van der Waals surface area (Å²) in [4.78, 5) is 8.64. The molecule has 3 N–H and O–H groups in total. The van der Waals surface area contributed by atoms with Crippen LogP contribution in [0, 0.1) is 6.92 Å². The molecule has 1 aromatic heterocycles. The van der Waals surface area contributed by atoms with E-state index >= 15 is 0 Å². The van der Waals surface area contributed by atoms with Crippen molar-refractivity contribution in [1.29, 1.82) is 0 Å². The lowest BCUT2D eigenvalue weighted by Crippen LogP contribution is -2.13. The first kappa shape index (κ1) is 15.0. The summed E-state index contributed by atoms with van der Waals surface area (Å²) in [5.41, 5.74) is 3.27. The molecule has 0 saturated heterocycles. The van der Waals surface area contributed by atoms with Gasteiger partial charge in [0.05, 0.1) is 10.6 Å². The lowest BCUT2D eigenvalue weighted by atomic mass is 10.3. The van der Waals surface area contributed by atoms with Gasteiger partial charge in [-0.2, -0.15) is 4.98 Å². The van der Waals surface area contributed by atoms with Crippen LogP contribution in [0.2, 0.25) is 5.02 Å². The SMILES string of the molecule is CCc1nc(NN)c(C)c(Oc2cc(Br)ccc2Cl)n1. The van der Waals surface area contributed by atoms with Crippen molar-refractivity contribution >= 4 is 33.3 Å². The number of benzene rings is 1. The molecule has 0 aliphatic rings. The molecule has 7 heteroatoms. The third kappa shape index (κ3) is 3.20. The molecule has 0 spiro atoms. The van der Waals surface area contributed by atoms with Crippen LogP contribution in [0.25, 0.3) is 0 Å². The molecule has 1 heterocycles. The van der Waals surface area contributed by atoms with Crippen molar-refractivity contribution in [3.63, 3.8) is 0 Å². The number of anilines is 1. The molecule has 0 fully saturated rings. The Bertz CT molecular complexity index is 636. The minimum absolute atomic E-state index is 0.435. The molecule has 0 bridgehead atoms. The first-order chi connectivity index (χ1) is 9.55. The summed E-state index contributed by atoms with van der Waals surface area (Å²) in [6.45, 7) is 3.79. The normalized spacial score (nSPS) is 10.4. The van der Waals surface area contributed by atoms with E-state index in [1.54, 1.807) is 12.1 Å². The third-order valence-corrected chi connectivity index (χ3v) is 3.51. The van der Waals surface area contributed by atoms with Gasteiger partial charge in [-0.1, -0.05) is 34.5 Å². The number of nitrogens with two attached hydrogens (primary N) is 1. The Kier molecular flexibility index (Phi) is 4.80. The van der Waals surface area contributed by atoms with Gasteiger partial charge in [0.2, 0.25) is 5.88 Å². The van der Waals surface area contributed by atoms with E-state index < -0.39 is 0 Å². The van der Waals surface area contributed by atoms with Gasteiger partial charge in [-0.05, 0) is 25.1 Å². The fourth-order valence-corrected chi connectivity index (χ4v) is 2.09. The minimum Gasteiger partial charge on any atom is -0.437 e. The van der Waals surface area contributed by atoms with Gasteiger partial charge in [0.1, 0.15) is 17.4 Å². The molecule has 20 heavy (non-hydrogen) atoms. The lowest BCUT2D eigenvalue weighted by molar-refractivity contribution is 0.455. The Balaban J connectivity index is 2.44. The van der Waals surface area contributed by atoms with E-state index in [0.29, 0.717) is 34.7 Å². The van der Waals surface area contributed by atoms with Crippen LogP contribution in [-0.4, -0.2) is 9.97 Å². The molecule has 2 rings (SSSR count). The van der Waals surface area contributed by atoms with Crippen molar-refractivity contribution in [2.24, 2.45) is 5.84 Å². The summed E-state index contributed by atoms with van der Waals surface area (Å²) < 4.78 is 6.67. The van der Waals surface area contributed by atoms with E-state index in [2.05, 4.69) is 31.3 Å². The standard InChI is InChI=1S/C13H14BrClN4O/c1-3-11-17-12(19-16)7(2)13(18-11)20-10-6-8(14)4-5-9(10)15/h4-6H,3,16H2,1-2H3,(H,17,18,19). The van der Waals surface area contributed by atoms with Crippen LogP contribution in [-0.2, 0) is 6.42 Å². The third-order valence-electron chi connectivity index (χ3n) is 2.70. The highest BCUT2D eigenvalue weighted by Gasteiger charge is 2.13. The van der Waals surface area contributed by atoms with Crippen molar-refractivity contribution in [3.8, 4) is 11.6 Å². The second-order valence-corrected chi connectivity index (χ2v) is 5.42. The van der Waals surface area contributed by atoms with Crippen molar-refractivity contribution in [3.05, 3.63) is 39.1 Å². The molecule has 0 radical (unpaired) electrons. The molecule has 1 aromatic carbocycles. The van der Waals surface area contributed by atoms with E-state index in [-0.39, 0.29) is 0 Å². The molecule has 5 nitrogen and oxygen atoms in total. The number of ether oxygens (including phenoxy) is 1. The summed E-state index contributed by atoms with van der Waals surface area (Å²) in [7, 11) is 0. The van der Waals surface area contributed by atoms with Crippen LogP contribution < -0.4 is 16.0 Å². The summed E-state index contributed by atoms with van der Waals surface area (Å²) in [5, 5.41) is 0.506. The molecular formula is C13H14BrClN4O. The van der Waals surface area contributed by atoms with Crippen molar-refractivity contribution in [1.82, 2.24) is 9.97 Å². The summed E-state index contributed by atoms with van der Waals surface area (Å²) in [6, 6.07) is 5.37. The molecule has 0 aliphatic heterocycles. The molecule has 2 aromatic rings. The van der Waals surface area contributed by atoms with Gasteiger partial charge in [-0.25, -0.2) is 10.8 Å². The van der Waals surface area contributed by atoms with Gasteiger partial charge in [0.25, 0.3) is 0 Å². The number of hydrazine groups is 1. The van der Waals surface area contributed by atoms with E-state index in [1.807, 2.05) is 19.9 Å². The topological polar surface area (TPSA) is 73.1 Å². The molecule has 106 valence electrons. The zero-order valence-electron chi connectivity index (χ0n) is 11.1. The maximum atomic E-state index is 6.12. The van der Waals surface area contributed by atoms with Crippen LogP contribution in [0.5, 0.6) is 11.6 Å². The number of rotatable bonds is 4. The van der Waals surface area contributed by atoms with E-state index in [4.69, 9.17) is 22.2 Å². The Morgan fingerprint density at radius 1 is 1.40 bits per heavy atom. The van der Waals surface area contributed by atoms with Gasteiger partial charge >= 0.3 is 0 Å². The first-order valence-electron chi connectivity index (χ1n) is 6.02. The Morgan fingerprint density at radius 3 is 2.80 bits per heavy atom. The smallest absolute Gasteiger partial charge is 0.227 e. The summed E-state index contributed by atoms with van der Waals surface area (Å²) >= 11 is 9.50. The van der Waals surface area contributed by atoms with Gasteiger partial charge in [0.15, 0.2) is 0 Å². The molecule has 0 aliphatic carbocycles. The zero-order chi connectivity index (χ0) is 14.7. The molecule has 0 unspecified atom stereocenters. The predicted octanol–water partition coefficient (Wildman–Crippen LogP) is 3.84. The fourth-order valence-electron chi connectivity index (χ4n) is 1.60. The first-order valence-corrected chi connectivity index (χ1v) is 7.19. The van der Waals surface area contributed by atoms with Crippen LogP contribution in [0.1, 0.15) is 18.3 Å². The minimum atomic E-state index is 0.435. The quantitative estimate of drug-likeness (QED) is 0.642. The Labute approximate surface area is 130 Å². The lowest BCUT2D eigenvalue weighted by Gasteiger charge is -2.13. The average molecular weight is 358 g/mol. The van der Waals surface area contributed by atoms with Crippen molar-refractivity contribution < 1.29 is 4.74 Å². The molecule has 0 atom stereocenters. The highest BCUT2D eigenvalue weighted by molar-refractivity contribution is 9.10. The van der Waals surface area contributed by atoms with Gasteiger partial charge < -0.3 is 10.2 Å². The molecule has 0 saturated carbocycles. The van der Waals surface area contributed by atoms with Gasteiger partial charge in [0, 0.05) is 10.9 Å². The largest absolute Gasteiger partial charge is 0.437 e. The number of hydrogen-bond donors (Lipinski definition) is 2. The van der Waals surface area contributed by atoms with Gasteiger partial charge in [-0.3, -0.25) is 0 Å². The number of halogens is 2. The highest BCUT2D eigenvalue weighted by atomic mass is 79.9. The average Bonchev–Trinajstić information content (AvgIpc) is 2.45. The molecular weight excluding hydrogens is 344 g/mol. The van der Waals surface area contributed by atoms with Crippen LogP contribution in [0.3, 0.4) is 0 Å². The highest BCUT2D eigenvalue weighted by Crippen LogP contribution is 2.33. The number of aryl methyl sites for hydroxylation is 1. The number of hydrogen-bond acceptors (Lipinski definition) is 5.